The van der Waals surface area contributed by atoms with Crippen LogP contribution in [0.2, 0.25) is 0 Å². The van der Waals surface area contributed by atoms with Gasteiger partial charge in [-0.3, -0.25) is 0 Å². The molecule has 1 aromatic rings. The number of rotatable bonds is 3. The van der Waals surface area contributed by atoms with Crippen molar-refractivity contribution in [2.75, 3.05) is 7.11 Å². The van der Waals surface area contributed by atoms with Gasteiger partial charge >= 0.3 is 0 Å². The number of aliphatic hydroxyl groups is 2. The third-order valence-electron chi connectivity index (χ3n) is 1.82. The lowest BCUT2D eigenvalue weighted by Crippen LogP contribution is -1.95. The normalized spacial score (nSPS) is 10.1. The zero-order valence-corrected chi connectivity index (χ0v) is 7.32. The average Bonchev–Trinajstić information content (AvgIpc) is 2.17. The maximum absolute atomic E-state index is 9.32. The second-order valence-corrected chi connectivity index (χ2v) is 2.61. The molecule has 0 atom stereocenters. The van der Waals surface area contributed by atoms with Gasteiger partial charge in [0.1, 0.15) is 11.5 Å². The van der Waals surface area contributed by atoms with Gasteiger partial charge in [-0.2, -0.15) is 0 Å². The van der Waals surface area contributed by atoms with Crippen LogP contribution < -0.4 is 4.74 Å². The molecule has 0 aliphatic carbocycles. The quantitative estimate of drug-likeness (QED) is 0.635. The van der Waals surface area contributed by atoms with E-state index in [-0.39, 0.29) is 19.0 Å². The number of aliphatic hydroxyl groups excluding tert-OH is 2. The van der Waals surface area contributed by atoms with E-state index in [1.807, 2.05) is 0 Å². The SMILES string of the molecule is COc1cc(O)c(CO)cc1CO. The molecule has 0 saturated heterocycles. The Morgan fingerprint density at radius 3 is 2.23 bits per heavy atom. The molecular weight excluding hydrogens is 172 g/mol. The van der Waals surface area contributed by atoms with E-state index in [0.29, 0.717) is 16.9 Å². The predicted octanol–water partition coefficient (Wildman–Crippen LogP) is 0.385. The second kappa shape index (κ2) is 4.11. The van der Waals surface area contributed by atoms with E-state index in [0.717, 1.165) is 0 Å². The van der Waals surface area contributed by atoms with Crippen molar-refractivity contribution in [2.24, 2.45) is 0 Å². The van der Waals surface area contributed by atoms with Crippen molar-refractivity contribution in [1.29, 1.82) is 0 Å². The van der Waals surface area contributed by atoms with Crippen LogP contribution in [0.5, 0.6) is 11.5 Å². The molecule has 0 amide bonds. The van der Waals surface area contributed by atoms with Crippen LogP contribution in [-0.2, 0) is 13.2 Å². The monoisotopic (exact) mass is 184 g/mol. The van der Waals surface area contributed by atoms with E-state index in [2.05, 4.69) is 0 Å². The fourth-order valence-corrected chi connectivity index (χ4v) is 1.11. The van der Waals surface area contributed by atoms with Crippen LogP contribution in [0.15, 0.2) is 12.1 Å². The van der Waals surface area contributed by atoms with Crippen molar-refractivity contribution in [1.82, 2.24) is 0 Å². The molecule has 0 spiro atoms. The van der Waals surface area contributed by atoms with Gasteiger partial charge in [-0.15, -0.1) is 0 Å². The summed E-state index contributed by atoms with van der Waals surface area (Å²) < 4.78 is 4.91. The molecule has 3 N–H and O–H groups in total. The van der Waals surface area contributed by atoms with Crippen molar-refractivity contribution in [3.8, 4) is 11.5 Å². The molecule has 0 saturated carbocycles. The number of hydrogen-bond donors (Lipinski definition) is 3. The van der Waals surface area contributed by atoms with Gasteiger partial charge in [-0.05, 0) is 6.07 Å². The lowest BCUT2D eigenvalue weighted by Gasteiger charge is -2.09. The number of aromatic hydroxyl groups is 1. The third kappa shape index (κ3) is 1.91. The average molecular weight is 184 g/mol. The van der Waals surface area contributed by atoms with E-state index >= 15 is 0 Å². The summed E-state index contributed by atoms with van der Waals surface area (Å²) in [6, 6.07) is 2.88. The Labute approximate surface area is 76.0 Å². The number of benzene rings is 1. The highest BCUT2D eigenvalue weighted by molar-refractivity contribution is 5.45. The summed E-state index contributed by atoms with van der Waals surface area (Å²) in [4.78, 5) is 0. The van der Waals surface area contributed by atoms with Gasteiger partial charge < -0.3 is 20.1 Å². The molecule has 0 unspecified atom stereocenters. The van der Waals surface area contributed by atoms with E-state index in [4.69, 9.17) is 14.9 Å². The first-order valence-electron chi connectivity index (χ1n) is 3.83. The molecule has 0 fully saturated rings. The smallest absolute Gasteiger partial charge is 0.128 e. The molecule has 0 aliphatic heterocycles. The molecule has 0 radical (unpaired) electrons. The molecule has 0 aromatic heterocycles. The minimum absolute atomic E-state index is 0.0310. The van der Waals surface area contributed by atoms with Gasteiger partial charge in [-0.1, -0.05) is 0 Å². The van der Waals surface area contributed by atoms with Crippen LogP contribution >= 0.6 is 0 Å². The highest BCUT2D eigenvalue weighted by Gasteiger charge is 2.07. The first kappa shape index (κ1) is 9.83. The standard InChI is InChI=1S/C9H12O4/c1-13-9-3-8(12)6(4-10)2-7(9)5-11/h2-3,10-12H,4-5H2,1H3. The van der Waals surface area contributed by atoms with Crippen molar-refractivity contribution in [3.05, 3.63) is 23.3 Å². The van der Waals surface area contributed by atoms with Gasteiger partial charge in [0.2, 0.25) is 0 Å². The first-order valence-corrected chi connectivity index (χ1v) is 3.83. The molecule has 13 heavy (non-hydrogen) atoms. The maximum atomic E-state index is 9.32. The van der Waals surface area contributed by atoms with Crippen LogP contribution in [-0.4, -0.2) is 22.4 Å². The molecule has 72 valence electrons. The minimum atomic E-state index is -0.261. The summed E-state index contributed by atoms with van der Waals surface area (Å²) in [6.07, 6.45) is 0. The van der Waals surface area contributed by atoms with Crippen molar-refractivity contribution in [2.45, 2.75) is 13.2 Å². The van der Waals surface area contributed by atoms with Gasteiger partial charge in [-0.25, -0.2) is 0 Å². The highest BCUT2D eigenvalue weighted by Crippen LogP contribution is 2.28. The number of phenols is 1. The molecule has 4 heteroatoms. The summed E-state index contributed by atoms with van der Waals surface area (Å²) in [5, 5.41) is 27.1. The van der Waals surface area contributed by atoms with E-state index in [1.54, 1.807) is 0 Å². The fraction of sp³-hybridized carbons (Fsp3) is 0.333. The van der Waals surface area contributed by atoms with Gasteiger partial charge in [0, 0.05) is 17.2 Å². The molecule has 1 aromatic carbocycles. The predicted molar refractivity (Wildman–Crippen MR) is 46.5 cm³/mol. The molecule has 4 nitrogen and oxygen atoms in total. The van der Waals surface area contributed by atoms with Crippen LogP contribution in [0.25, 0.3) is 0 Å². The Kier molecular flexibility index (Phi) is 3.11. The largest absolute Gasteiger partial charge is 0.507 e. The van der Waals surface area contributed by atoms with Crippen molar-refractivity contribution >= 4 is 0 Å². The van der Waals surface area contributed by atoms with Gasteiger partial charge in [0.25, 0.3) is 0 Å². The summed E-state index contributed by atoms with van der Waals surface area (Å²) in [6.45, 7) is -0.445. The lowest BCUT2D eigenvalue weighted by atomic mass is 10.1. The number of hydrogen-bond acceptors (Lipinski definition) is 4. The Bertz CT molecular complexity index is 296. The Morgan fingerprint density at radius 1 is 1.15 bits per heavy atom. The van der Waals surface area contributed by atoms with Crippen molar-refractivity contribution in [3.63, 3.8) is 0 Å². The van der Waals surface area contributed by atoms with Gasteiger partial charge in [0.15, 0.2) is 0 Å². The third-order valence-corrected chi connectivity index (χ3v) is 1.82. The zero-order chi connectivity index (χ0) is 9.84. The van der Waals surface area contributed by atoms with Crippen LogP contribution in [0.4, 0.5) is 0 Å². The summed E-state index contributed by atoms with van der Waals surface area (Å²) in [5.74, 6) is 0.383. The summed E-state index contributed by atoms with van der Waals surface area (Å²) in [7, 11) is 1.45. The molecular formula is C9H12O4. The minimum Gasteiger partial charge on any atom is -0.507 e. The molecule has 0 heterocycles. The molecule has 1 rings (SSSR count). The van der Waals surface area contributed by atoms with Crippen molar-refractivity contribution < 1.29 is 20.1 Å². The second-order valence-electron chi connectivity index (χ2n) is 2.61. The Morgan fingerprint density at radius 2 is 1.77 bits per heavy atom. The zero-order valence-electron chi connectivity index (χ0n) is 7.32. The van der Waals surface area contributed by atoms with Crippen LogP contribution in [0, 0.1) is 0 Å². The lowest BCUT2D eigenvalue weighted by molar-refractivity contribution is 0.265. The number of methoxy groups -OCH3 is 1. The first-order chi connectivity index (χ1) is 6.22. The topological polar surface area (TPSA) is 69.9 Å². The fourth-order valence-electron chi connectivity index (χ4n) is 1.11. The highest BCUT2D eigenvalue weighted by atomic mass is 16.5. The summed E-state index contributed by atoms with van der Waals surface area (Å²) in [5.41, 5.74) is 0.925. The van der Waals surface area contributed by atoms with E-state index in [1.165, 1.54) is 19.2 Å². The molecule has 0 aliphatic rings. The van der Waals surface area contributed by atoms with Crippen LogP contribution in [0.1, 0.15) is 11.1 Å². The Balaban J connectivity index is 3.18. The number of ether oxygens (including phenoxy) is 1. The molecule has 0 bridgehead atoms. The van der Waals surface area contributed by atoms with Crippen LogP contribution in [0.3, 0.4) is 0 Å². The maximum Gasteiger partial charge on any atom is 0.128 e. The van der Waals surface area contributed by atoms with E-state index < -0.39 is 0 Å². The summed E-state index contributed by atoms with van der Waals surface area (Å²) >= 11 is 0. The van der Waals surface area contributed by atoms with Gasteiger partial charge in [0.05, 0.1) is 20.3 Å². The Hall–Kier alpha value is -1.26. The van der Waals surface area contributed by atoms with E-state index in [9.17, 15) is 5.11 Å².